The number of nitrogens with zero attached hydrogens (tertiary/aromatic N) is 1. The van der Waals surface area contributed by atoms with Crippen LogP contribution in [0.1, 0.15) is 5.56 Å². The van der Waals surface area contributed by atoms with E-state index in [0.29, 0.717) is 13.2 Å². The molecule has 5 heteroatoms. The number of ether oxygens (including phenoxy) is 2. The fourth-order valence-corrected chi connectivity index (χ4v) is 2.63. The second-order valence-corrected chi connectivity index (χ2v) is 5.30. The van der Waals surface area contributed by atoms with Crippen molar-refractivity contribution in [2.75, 3.05) is 33.9 Å². The molecule has 21 heavy (non-hydrogen) atoms. The van der Waals surface area contributed by atoms with E-state index in [2.05, 4.69) is 4.90 Å². The summed E-state index contributed by atoms with van der Waals surface area (Å²) >= 11 is 0. The largest absolute Gasteiger partial charge is 0.497 e. The monoisotopic (exact) mass is 353 g/mol. The van der Waals surface area contributed by atoms with Crippen LogP contribution in [0.4, 0.5) is 0 Å². The van der Waals surface area contributed by atoms with Crippen molar-refractivity contribution in [3.05, 3.63) is 42.0 Å². The Morgan fingerprint density at radius 3 is 2.62 bits per heavy atom. The number of benzene rings is 2. The smallest absolute Gasteiger partial charge is 0.205 e. The minimum Gasteiger partial charge on any atom is -0.497 e. The van der Waals surface area contributed by atoms with Crippen molar-refractivity contribution in [3.8, 4) is 5.75 Å². The number of likely N-dealkylation sites (N-methyl/N-ethyl adjacent to an activating group) is 1. The van der Waals surface area contributed by atoms with Gasteiger partial charge in [0.2, 0.25) is 5.79 Å². The number of hydrogen-bond donors (Lipinski definition) is 1. The Bertz CT molecular complexity index is 634. The lowest BCUT2D eigenvalue weighted by atomic mass is 9.99. The average Bonchev–Trinajstić information content (AvgIpc) is 2.46. The van der Waals surface area contributed by atoms with E-state index in [4.69, 9.17) is 9.47 Å². The van der Waals surface area contributed by atoms with Gasteiger partial charge in [-0.15, -0.1) is 17.0 Å². The fourth-order valence-electron chi connectivity index (χ4n) is 2.63. The van der Waals surface area contributed by atoms with Gasteiger partial charge in [-0.05, 0) is 36.0 Å². The molecule has 0 aromatic heterocycles. The van der Waals surface area contributed by atoms with Crippen molar-refractivity contribution >= 4 is 27.8 Å². The Labute approximate surface area is 135 Å². The Kier molecular flexibility index (Phi) is 4.88. The van der Waals surface area contributed by atoms with Crippen molar-refractivity contribution in [1.29, 1.82) is 0 Å². The maximum atomic E-state index is 10.7. The Balaban J connectivity index is 0.00000161. The zero-order valence-corrected chi connectivity index (χ0v) is 13.9. The van der Waals surface area contributed by atoms with E-state index in [1.807, 2.05) is 43.4 Å². The summed E-state index contributed by atoms with van der Waals surface area (Å²) in [6.45, 7) is 1.86. The normalized spacial score (nSPS) is 22.8. The summed E-state index contributed by atoms with van der Waals surface area (Å²) in [5, 5.41) is 12.8. The third-order valence-corrected chi connectivity index (χ3v) is 3.80. The molecule has 0 aliphatic carbocycles. The molecule has 0 radical (unpaired) electrons. The van der Waals surface area contributed by atoms with Gasteiger partial charge in [0.1, 0.15) is 5.75 Å². The summed E-state index contributed by atoms with van der Waals surface area (Å²) in [5.74, 6) is -0.390. The van der Waals surface area contributed by atoms with E-state index in [-0.39, 0.29) is 17.0 Å². The Hall–Kier alpha value is -1.14. The third kappa shape index (κ3) is 3.21. The molecule has 2 aromatic carbocycles. The molecular formula is C16H20BrNO3. The lowest BCUT2D eigenvalue weighted by molar-refractivity contribution is -0.245. The van der Waals surface area contributed by atoms with Crippen molar-refractivity contribution < 1.29 is 14.6 Å². The number of β-amino-alcohol motifs (C(OH)–C–C–N with tert-alkyl or cyclic N) is 1. The summed E-state index contributed by atoms with van der Waals surface area (Å²) in [6, 6.07) is 11.8. The van der Waals surface area contributed by atoms with E-state index in [1.165, 1.54) is 0 Å². The zero-order chi connectivity index (χ0) is 14.2. The molecule has 114 valence electrons. The number of methoxy groups -OCH3 is 1. The highest BCUT2D eigenvalue weighted by Gasteiger charge is 2.35. The maximum absolute atomic E-state index is 10.7. The van der Waals surface area contributed by atoms with Crippen LogP contribution in [0.3, 0.4) is 0 Å². The predicted molar refractivity (Wildman–Crippen MR) is 88.2 cm³/mol. The summed E-state index contributed by atoms with van der Waals surface area (Å²) in [7, 11) is 3.64. The fraction of sp³-hybridized carbons (Fsp3) is 0.375. The number of hydrogen-bond acceptors (Lipinski definition) is 4. The van der Waals surface area contributed by atoms with Gasteiger partial charge in [-0.25, -0.2) is 0 Å². The van der Waals surface area contributed by atoms with Gasteiger partial charge in [0.15, 0.2) is 0 Å². The van der Waals surface area contributed by atoms with Crippen LogP contribution in [0, 0.1) is 0 Å². The van der Waals surface area contributed by atoms with E-state index in [9.17, 15) is 5.11 Å². The summed E-state index contributed by atoms with van der Waals surface area (Å²) < 4.78 is 10.8. The van der Waals surface area contributed by atoms with E-state index in [1.54, 1.807) is 7.11 Å². The van der Waals surface area contributed by atoms with E-state index in [0.717, 1.165) is 28.6 Å². The highest BCUT2D eigenvalue weighted by Crippen LogP contribution is 2.30. The van der Waals surface area contributed by atoms with Crippen molar-refractivity contribution in [1.82, 2.24) is 4.90 Å². The first-order chi connectivity index (χ1) is 9.60. The number of morpholine rings is 1. The van der Waals surface area contributed by atoms with E-state index >= 15 is 0 Å². The van der Waals surface area contributed by atoms with Crippen LogP contribution in [-0.4, -0.2) is 43.9 Å². The first-order valence-electron chi connectivity index (χ1n) is 6.74. The highest BCUT2D eigenvalue weighted by atomic mass is 79.9. The van der Waals surface area contributed by atoms with Gasteiger partial charge < -0.3 is 14.6 Å². The van der Waals surface area contributed by atoms with Crippen LogP contribution < -0.4 is 4.74 Å². The molecule has 1 heterocycles. The summed E-state index contributed by atoms with van der Waals surface area (Å²) in [5.41, 5.74) is 0.793. The standard InChI is InChI=1S/C16H19NO3.BrH/c1-17-7-8-20-16(18,11-17)14-5-3-13-10-15(19-2)6-4-12(13)9-14;/h3-6,9-10,18H,7-8,11H2,1-2H3;1H. The summed E-state index contributed by atoms with van der Waals surface area (Å²) in [6.07, 6.45) is 0. The number of fused-ring (bicyclic) bond motifs is 1. The van der Waals surface area contributed by atoms with Gasteiger partial charge in [-0.1, -0.05) is 18.2 Å². The van der Waals surface area contributed by atoms with Gasteiger partial charge in [0.05, 0.1) is 20.3 Å². The van der Waals surface area contributed by atoms with Gasteiger partial charge in [0.25, 0.3) is 0 Å². The highest BCUT2D eigenvalue weighted by molar-refractivity contribution is 8.93. The Morgan fingerprint density at radius 1 is 1.19 bits per heavy atom. The lowest BCUT2D eigenvalue weighted by Gasteiger charge is -2.37. The second-order valence-electron chi connectivity index (χ2n) is 5.30. The molecule has 1 aliphatic rings. The van der Waals surface area contributed by atoms with Crippen LogP contribution in [0.25, 0.3) is 10.8 Å². The van der Waals surface area contributed by atoms with Crippen LogP contribution in [0.2, 0.25) is 0 Å². The summed E-state index contributed by atoms with van der Waals surface area (Å²) in [4.78, 5) is 2.07. The first kappa shape index (κ1) is 16.2. The van der Waals surface area contributed by atoms with Crippen LogP contribution >= 0.6 is 17.0 Å². The molecule has 0 amide bonds. The number of halogens is 1. The molecule has 0 bridgehead atoms. The van der Waals surface area contributed by atoms with Gasteiger partial charge in [-0.3, -0.25) is 4.90 Å². The van der Waals surface area contributed by atoms with Gasteiger partial charge in [0, 0.05) is 12.1 Å². The number of aliphatic hydroxyl groups is 1. The first-order valence-corrected chi connectivity index (χ1v) is 6.74. The van der Waals surface area contributed by atoms with Crippen LogP contribution in [-0.2, 0) is 10.5 Å². The van der Waals surface area contributed by atoms with Gasteiger partial charge >= 0.3 is 0 Å². The molecule has 3 rings (SSSR count). The minimum absolute atomic E-state index is 0. The van der Waals surface area contributed by atoms with Crippen LogP contribution in [0.5, 0.6) is 5.75 Å². The molecule has 1 aliphatic heterocycles. The minimum atomic E-state index is -1.22. The van der Waals surface area contributed by atoms with Crippen molar-refractivity contribution in [2.45, 2.75) is 5.79 Å². The van der Waals surface area contributed by atoms with Crippen molar-refractivity contribution in [3.63, 3.8) is 0 Å². The molecule has 0 spiro atoms. The molecular weight excluding hydrogens is 334 g/mol. The third-order valence-electron chi connectivity index (χ3n) is 3.80. The maximum Gasteiger partial charge on any atom is 0.205 e. The second kappa shape index (κ2) is 6.32. The van der Waals surface area contributed by atoms with Crippen LogP contribution in [0.15, 0.2) is 36.4 Å². The molecule has 1 atom stereocenters. The van der Waals surface area contributed by atoms with Crippen molar-refractivity contribution in [2.24, 2.45) is 0 Å². The average molecular weight is 354 g/mol. The zero-order valence-electron chi connectivity index (χ0n) is 12.2. The molecule has 1 unspecified atom stereocenters. The molecule has 1 saturated heterocycles. The number of rotatable bonds is 2. The molecule has 4 nitrogen and oxygen atoms in total. The van der Waals surface area contributed by atoms with E-state index < -0.39 is 5.79 Å². The van der Waals surface area contributed by atoms with Gasteiger partial charge in [-0.2, -0.15) is 0 Å². The quantitative estimate of drug-likeness (QED) is 0.900. The predicted octanol–water partition coefficient (Wildman–Crippen LogP) is 2.53. The Morgan fingerprint density at radius 2 is 1.90 bits per heavy atom. The topological polar surface area (TPSA) is 41.9 Å². The molecule has 1 fully saturated rings. The molecule has 1 N–H and O–H groups in total. The SMILES string of the molecule is Br.COc1ccc2cc(C3(O)CN(C)CCO3)ccc2c1. The molecule has 0 saturated carbocycles. The molecule has 2 aromatic rings. The lowest BCUT2D eigenvalue weighted by Crippen LogP contribution is -2.48.